The van der Waals surface area contributed by atoms with Crippen molar-refractivity contribution < 1.29 is 28.7 Å². The molecule has 2 aliphatic rings. The van der Waals surface area contributed by atoms with Crippen molar-refractivity contribution in [2.75, 3.05) is 6.54 Å². The monoisotopic (exact) mass is 646 g/mol. The van der Waals surface area contributed by atoms with Crippen molar-refractivity contribution in [1.29, 1.82) is 0 Å². The molecule has 8 nitrogen and oxygen atoms in total. The van der Waals surface area contributed by atoms with E-state index in [1.807, 2.05) is 0 Å². The van der Waals surface area contributed by atoms with E-state index in [1.54, 1.807) is 0 Å². The lowest BCUT2D eigenvalue weighted by Crippen LogP contribution is -2.52. The number of hydrogen-bond donors (Lipinski definition) is 0. The van der Waals surface area contributed by atoms with Crippen LogP contribution >= 0.6 is 46.4 Å². The zero-order valence-corrected chi connectivity index (χ0v) is 24.8. The summed E-state index contributed by atoms with van der Waals surface area (Å²) in [6, 6.07) is 14.1. The molecule has 216 valence electrons. The van der Waals surface area contributed by atoms with Crippen molar-refractivity contribution in [3.05, 3.63) is 97.4 Å². The Hall–Kier alpha value is -3.43. The summed E-state index contributed by atoms with van der Waals surface area (Å²) < 4.78 is 5.35. The molecule has 42 heavy (non-hydrogen) atoms. The average Bonchev–Trinajstić information content (AvgIpc) is 3.21. The molecule has 0 N–H and O–H groups in total. The number of nitrogens with zero attached hydrogens (tertiary/aromatic N) is 2. The molecule has 1 heterocycles. The number of imide groups is 1. The standard InChI is InChI=1S/C30H22Cl4N2O6/c31-17-7-11-22(24(33)13-17)27(38)35(36-28(39)20-3-1-2-4-21(20)29(36)40)15-26(37)16-5-9-19(10-6-16)42-30(41)23-12-8-18(32)14-25(23)34/h5-14,20-21H,1-4,15H2/t20-,21+. The van der Waals surface area contributed by atoms with Crippen LogP contribution in [0.2, 0.25) is 20.1 Å². The summed E-state index contributed by atoms with van der Waals surface area (Å²) in [5.41, 5.74) is 0.236. The Kier molecular flexibility index (Phi) is 8.89. The number of amides is 3. The number of benzene rings is 3. The van der Waals surface area contributed by atoms with E-state index in [2.05, 4.69) is 0 Å². The second-order valence-electron chi connectivity index (χ2n) is 9.93. The molecule has 1 saturated heterocycles. The minimum absolute atomic E-state index is 0.00780. The van der Waals surface area contributed by atoms with Crippen LogP contribution in [-0.4, -0.2) is 46.0 Å². The normalized spacial score (nSPS) is 18.0. The van der Waals surface area contributed by atoms with E-state index in [1.165, 1.54) is 60.7 Å². The first kappa shape index (κ1) is 30.0. The highest BCUT2D eigenvalue weighted by Crippen LogP contribution is 2.39. The predicted molar refractivity (Wildman–Crippen MR) is 157 cm³/mol. The second-order valence-corrected chi connectivity index (χ2v) is 11.6. The van der Waals surface area contributed by atoms with Gasteiger partial charge in [0, 0.05) is 15.6 Å². The van der Waals surface area contributed by atoms with Crippen molar-refractivity contribution in [3.63, 3.8) is 0 Å². The van der Waals surface area contributed by atoms with Gasteiger partial charge in [0.2, 0.25) is 0 Å². The van der Waals surface area contributed by atoms with Gasteiger partial charge < -0.3 is 4.74 Å². The number of Topliss-reactive ketones (excluding diaryl/α,β-unsaturated/α-hetero) is 1. The minimum atomic E-state index is -0.796. The minimum Gasteiger partial charge on any atom is -0.423 e. The van der Waals surface area contributed by atoms with Crippen LogP contribution in [-0.2, 0) is 9.59 Å². The van der Waals surface area contributed by atoms with E-state index in [4.69, 9.17) is 51.1 Å². The number of fused-ring (bicyclic) bond motifs is 1. The lowest BCUT2D eigenvalue weighted by molar-refractivity contribution is -0.154. The van der Waals surface area contributed by atoms with Gasteiger partial charge in [-0.15, -0.1) is 0 Å². The average molecular weight is 648 g/mol. The van der Waals surface area contributed by atoms with Gasteiger partial charge in [0.05, 0.1) is 33.0 Å². The number of halogens is 4. The summed E-state index contributed by atoms with van der Waals surface area (Å²) in [5, 5.41) is 2.44. The van der Waals surface area contributed by atoms with Gasteiger partial charge in [0.1, 0.15) is 12.3 Å². The number of hydrazine groups is 1. The zero-order valence-electron chi connectivity index (χ0n) is 21.8. The molecule has 1 saturated carbocycles. The maximum Gasteiger partial charge on any atom is 0.345 e. The molecule has 0 aromatic heterocycles. The molecule has 12 heteroatoms. The topological polar surface area (TPSA) is 101 Å². The van der Waals surface area contributed by atoms with Crippen LogP contribution in [0, 0.1) is 11.8 Å². The van der Waals surface area contributed by atoms with Crippen molar-refractivity contribution in [2.45, 2.75) is 25.7 Å². The van der Waals surface area contributed by atoms with Crippen molar-refractivity contribution >= 4 is 75.9 Å². The summed E-state index contributed by atoms with van der Waals surface area (Å²) >= 11 is 24.2. The van der Waals surface area contributed by atoms with Crippen LogP contribution in [0.3, 0.4) is 0 Å². The number of carbonyl (C=O) groups excluding carboxylic acids is 5. The Morgan fingerprint density at radius 1 is 0.762 bits per heavy atom. The maximum absolute atomic E-state index is 13.7. The molecular formula is C30H22Cl4N2O6. The number of rotatable bonds is 7. The summed E-state index contributed by atoms with van der Waals surface area (Å²) in [6.07, 6.45) is 2.66. The number of ether oxygens (including phenoxy) is 1. The van der Waals surface area contributed by atoms with E-state index >= 15 is 0 Å². The highest BCUT2D eigenvalue weighted by Gasteiger charge is 2.52. The Morgan fingerprint density at radius 3 is 1.81 bits per heavy atom. The SMILES string of the molecule is O=C(CN(C(=O)c1ccc(Cl)cc1Cl)N1C(=O)[C@H]2CCCC[C@H]2C1=O)c1ccc(OC(=O)c2ccc(Cl)cc2Cl)cc1. The van der Waals surface area contributed by atoms with E-state index in [9.17, 15) is 24.0 Å². The van der Waals surface area contributed by atoms with Crippen LogP contribution in [0.4, 0.5) is 0 Å². The predicted octanol–water partition coefficient (Wildman–Crippen LogP) is 6.93. The molecule has 0 bridgehead atoms. The molecule has 3 aromatic rings. The summed E-state index contributed by atoms with van der Waals surface area (Å²) in [4.78, 5) is 66.4. The fraction of sp³-hybridized carbons (Fsp3) is 0.233. The third-order valence-electron chi connectivity index (χ3n) is 7.29. The molecule has 3 aromatic carbocycles. The number of hydrogen-bond acceptors (Lipinski definition) is 6. The molecule has 1 aliphatic carbocycles. The third kappa shape index (κ3) is 6.03. The molecule has 3 amide bonds. The summed E-state index contributed by atoms with van der Waals surface area (Å²) in [7, 11) is 0. The highest BCUT2D eigenvalue weighted by molar-refractivity contribution is 6.37. The van der Waals surface area contributed by atoms with Gasteiger partial charge in [-0.25, -0.2) is 9.80 Å². The first-order chi connectivity index (χ1) is 20.0. The van der Waals surface area contributed by atoms with E-state index < -0.39 is 47.9 Å². The van der Waals surface area contributed by atoms with Crippen LogP contribution in [0.15, 0.2) is 60.7 Å². The quantitative estimate of drug-likeness (QED) is 0.119. The van der Waals surface area contributed by atoms with Gasteiger partial charge in [-0.2, -0.15) is 5.01 Å². The van der Waals surface area contributed by atoms with Gasteiger partial charge in [0.25, 0.3) is 17.7 Å². The Labute approximate surface area is 261 Å². The Balaban J connectivity index is 1.38. The van der Waals surface area contributed by atoms with Crippen LogP contribution < -0.4 is 4.74 Å². The van der Waals surface area contributed by atoms with Crippen molar-refractivity contribution in [3.8, 4) is 5.75 Å². The molecular weight excluding hydrogens is 626 g/mol. The van der Waals surface area contributed by atoms with Crippen molar-refractivity contribution in [2.24, 2.45) is 11.8 Å². The van der Waals surface area contributed by atoms with Crippen LogP contribution in [0.25, 0.3) is 0 Å². The van der Waals surface area contributed by atoms with Gasteiger partial charge in [-0.3, -0.25) is 19.2 Å². The van der Waals surface area contributed by atoms with Crippen LogP contribution in [0.1, 0.15) is 56.8 Å². The third-order valence-corrected chi connectivity index (χ3v) is 8.38. The Morgan fingerprint density at radius 2 is 1.29 bits per heavy atom. The summed E-state index contributed by atoms with van der Waals surface area (Å²) in [5.74, 6) is -4.06. The Bertz CT molecular complexity index is 1590. The van der Waals surface area contributed by atoms with E-state index in [-0.39, 0.29) is 37.5 Å². The number of carbonyl (C=O) groups is 5. The second kappa shape index (κ2) is 12.4. The molecule has 0 spiro atoms. The molecule has 5 rings (SSSR count). The highest BCUT2D eigenvalue weighted by atomic mass is 35.5. The lowest BCUT2D eigenvalue weighted by atomic mass is 9.81. The number of ketones is 1. The van der Waals surface area contributed by atoms with Gasteiger partial charge >= 0.3 is 5.97 Å². The largest absolute Gasteiger partial charge is 0.423 e. The summed E-state index contributed by atoms with van der Waals surface area (Å²) in [6.45, 7) is -0.617. The molecule has 2 atom stereocenters. The maximum atomic E-state index is 13.7. The van der Waals surface area contributed by atoms with Crippen molar-refractivity contribution in [1.82, 2.24) is 10.0 Å². The smallest absolute Gasteiger partial charge is 0.345 e. The zero-order chi connectivity index (χ0) is 30.1. The molecule has 1 aliphatic heterocycles. The fourth-order valence-corrected chi connectivity index (χ4v) is 6.15. The first-order valence-electron chi connectivity index (χ1n) is 13.0. The molecule has 0 radical (unpaired) electrons. The van der Waals surface area contributed by atoms with E-state index in [0.717, 1.165) is 22.9 Å². The van der Waals surface area contributed by atoms with Gasteiger partial charge in [-0.1, -0.05) is 59.2 Å². The number of esters is 1. The lowest BCUT2D eigenvalue weighted by Gasteiger charge is -2.30. The molecule has 2 fully saturated rings. The van der Waals surface area contributed by atoms with E-state index in [0.29, 0.717) is 17.9 Å². The first-order valence-corrected chi connectivity index (χ1v) is 14.5. The van der Waals surface area contributed by atoms with Gasteiger partial charge in [0.15, 0.2) is 5.78 Å². The van der Waals surface area contributed by atoms with Gasteiger partial charge in [-0.05, 0) is 73.5 Å². The molecule has 0 unspecified atom stereocenters. The fourth-order valence-electron chi connectivity index (χ4n) is 5.17. The van der Waals surface area contributed by atoms with Crippen LogP contribution in [0.5, 0.6) is 5.75 Å².